The topological polar surface area (TPSA) is 56.3 Å². The predicted molar refractivity (Wildman–Crippen MR) is 88.2 cm³/mol. The fraction of sp³-hybridized carbons (Fsp3) is 0.438. The van der Waals surface area contributed by atoms with Crippen LogP contribution in [0.2, 0.25) is 0 Å². The van der Waals surface area contributed by atoms with Gasteiger partial charge in [-0.3, -0.25) is 9.59 Å². The smallest absolute Gasteiger partial charge is 0.307 e. The Morgan fingerprint density at radius 2 is 2.27 bits per heavy atom. The number of carbonyl (C=O) groups is 2. The largest absolute Gasteiger partial charge is 0.451 e. The van der Waals surface area contributed by atoms with E-state index in [1.807, 2.05) is 31.2 Å². The Kier molecular flexibility index (Phi) is 4.23. The van der Waals surface area contributed by atoms with Gasteiger partial charge in [-0.2, -0.15) is 0 Å². The molecule has 2 atom stereocenters. The van der Waals surface area contributed by atoms with Gasteiger partial charge >= 0.3 is 5.97 Å². The number of fused-ring (bicyclic) bond motifs is 1. The highest BCUT2D eigenvalue weighted by atomic mass is 32.2. The highest BCUT2D eigenvalue weighted by molar-refractivity contribution is 8.01. The van der Waals surface area contributed by atoms with Gasteiger partial charge in [0.25, 0.3) is 0 Å². The molecule has 1 aliphatic heterocycles. The fourth-order valence-electron chi connectivity index (χ4n) is 2.76. The minimum absolute atomic E-state index is 0.0246. The van der Waals surface area contributed by atoms with Gasteiger partial charge in [0, 0.05) is 5.92 Å². The van der Waals surface area contributed by atoms with Crippen molar-refractivity contribution in [2.75, 3.05) is 5.75 Å². The molecule has 2 aromatic rings. The predicted octanol–water partition coefficient (Wildman–Crippen LogP) is 3.69. The molecule has 0 saturated carbocycles. The molecule has 1 fully saturated rings. The van der Waals surface area contributed by atoms with Crippen LogP contribution in [0.4, 0.5) is 0 Å². The van der Waals surface area contributed by atoms with Crippen LogP contribution in [-0.4, -0.2) is 28.1 Å². The number of cyclic esters (lactones) is 1. The zero-order chi connectivity index (χ0) is 15.7. The van der Waals surface area contributed by atoms with Crippen LogP contribution in [0.15, 0.2) is 28.6 Å². The quantitative estimate of drug-likeness (QED) is 0.616. The van der Waals surface area contributed by atoms with Crippen LogP contribution in [0.3, 0.4) is 0 Å². The molecule has 0 aliphatic carbocycles. The summed E-state index contributed by atoms with van der Waals surface area (Å²) < 4.78 is 7.33. The van der Waals surface area contributed by atoms with E-state index in [1.54, 1.807) is 18.3 Å². The Hall–Kier alpha value is -1.40. The molecular weight excluding hydrogens is 318 g/mol. The molecule has 1 aromatic carbocycles. The molecule has 2 heterocycles. The van der Waals surface area contributed by atoms with E-state index in [1.165, 1.54) is 11.8 Å². The second-order valence-corrected chi connectivity index (χ2v) is 7.80. The zero-order valence-electron chi connectivity index (χ0n) is 12.5. The van der Waals surface area contributed by atoms with Crippen LogP contribution in [0.25, 0.3) is 10.2 Å². The summed E-state index contributed by atoms with van der Waals surface area (Å²) in [5, 5.41) is 0. The van der Waals surface area contributed by atoms with Gasteiger partial charge in [-0.15, -0.1) is 11.3 Å². The first-order valence-corrected chi connectivity index (χ1v) is 9.06. The van der Waals surface area contributed by atoms with E-state index in [0.29, 0.717) is 6.42 Å². The maximum Gasteiger partial charge on any atom is 0.307 e. The first-order chi connectivity index (χ1) is 10.5. The van der Waals surface area contributed by atoms with Crippen molar-refractivity contribution in [2.24, 2.45) is 5.92 Å². The maximum absolute atomic E-state index is 12.5. The second kappa shape index (κ2) is 6.01. The molecule has 0 radical (unpaired) electrons. The lowest BCUT2D eigenvalue weighted by atomic mass is 9.84. The van der Waals surface area contributed by atoms with Crippen molar-refractivity contribution in [3.8, 4) is 0 Å². The molecule has 0 spiro atoms. The van der Waals surface area contributed by atoms with E-state index < -0.39 is 5.60 Å². The van der Waals surface area contributed by atoms with Gasteiger partial charge in [-0.05, 0) is 25.5 Å². The summed E-state index contributed by atoms with van der Waals surface area (Å²) in [6.07, 6.45) is 1.10. The Morgan fingerprint density at radius 1 is 1.50 bits per heavy atom. The van der Waals surface area contributed by atoms with E-state index in [4.69, 9.17) is 4.74 Å². The summed E-state index contributed by atoms with van der Waals surface area (Å²) in [4.78, 5) is 28.6. The number of rotatable bonds is 5. The number of nitrogens with zero attached hydrogens (tertiary/aromatic N) is 1. The number of hydrogen-bond acceptors (Lipinski definition) is 6. The third-order valence-electron chi connectivity index (χ3n) is 4.17. The number of esters is 1. The lowest BCUT2D eigenvalue weighted by Crippen LogP contribution is -2.42. The number of benzene rings is 1. The fourth-order valence-corrected chi connectivity index (χ4v) is 4.84. The standard InChI is InChI=1S/C16H17NO3S2/c1-3-10-8-14(19)20-16(10,2)13(18)9-21-15-17-11-6-4-5-7-12(11)22-15/h4-7,10H,3,8-9H2,1-2H3/t10-,16-/m0/s1. The van der Waals surface area contributed by atoms with E-state index in [-0.39, 0.29) is 23.4 Å². The average molecular weight is 335 g/mol. The first kappa shape index (κ1) is 15.5. The molecule has 1 aromatic heterocycles. The van der Waals surface area contributed by atoms with Crippen molar-refractivity contribution in [2.45, 2.75) is 36.6 Å². The summed E-state index contributed by atoms with van der Waals surface area (Å²) in [6, 6.07) is 7.91. The molecule has 1 aliphatic rings. The van der Waals surface area contributed by atoms with Gasteiger partial charge < -0.3 is 4.74 Å². The SMILES string of the molecule is CC[C@H]1CC(=O)O[C@]1(C)C(=O)CSc1nc2ccccc2s1. The Morgan fingerprint density at radius 3 is 3.00 bits per heavy atom. The number of ketones is 1. The number of thioether (sulfide) groups is 1. The number of ether oxygens (including phenoxy) is 1. The maximum atomic E-state index is 12.5. The van der Waals surface area contributed by atoms with Crippen LogP contribution >= 0.6 is 23.1 Å². The Balaban J connectivity index is 1.70. The zero-order valence-corrected chi connectivity index (χ0v) is 14.1. The van der Waals surface area contributed by atoms with E-state index in [9.17, 15) is 9.59 Å². The van der Waals surface area contributed by atoms with Gasteiger partial charge in [0.15, 0.2) is 15.7 Å². The summed E-state index contributed by atoms with van der Waals surface area (Å²) in [7, 11) is 0. The number of para-hydroxylation sites is 1. The summed E-state index contributed by atoms with van der Waals surface area (Å²) in [5.41, 5.74) is -0.0254. The van der Waals surface area contributed by atoms with Gasteiger partial charge in [-0.1, -0.05) is 30.8 Å². The van der Waals surface area contributed by atoms with Crippen molar-refractivity contribution in [3.05, 3.63) is 24.3 Å². The Labute approximate surface area is 137 Å². The van der Waals surface area contributed by atoms with Crippen molar-refractivity contribution >= 4 is 45.1 Å². The monoisotopic (exact) mass is 335 g/mol. The molecule has 116 valence electrons. The van der Waals surface area contributed by atoms with Gasteiger partial charge in [0.2, 0.25) is 0 Å². The normalized spacial score (nSPS) is 24.6. The molecule has 22 heavy (non-hydrogen) atoms. The summed E-state index contributed by atoms with van der Waals surface area (Å²) >= 11 is 3.00. The molecule has 1 saturated heterocycles. The average Bonchev–Trinajstić information content (AvgIpc) is 3.05. The molecule has 0 N–H and O–H groups in total. The van der Waals surface area contributed by atoms with Gasteiger partial charge in [-0.25, -0.2) is 4.98 Å². The highest BCUT2D eigenvalue weighted by Crippen LogP contribution is 2.38. The Bertz CT molecular complexity index is 694. The molecule has 6 heteroatoms. The number of aromatic nitrogens is 1. The lowest BCUT2D eigenvalue weighted by Gasteiger charge is -2.26. The van der Waals surface area contributed by atoms with Crippen LogP contribution in [0, 0.1) is 5.92 Å². The number of Topliss-reactive ketones (excluding diaryl/α,β-unsaturated/α-hetero) is 1. The van der Waals surface area contributed by atoms with Crippen LogP contribution < -0.4 is 0 Å². The molecular formula is C16H17NO3S2. The van der Waals surface area contributed by atoms with Crippen molar-refractivity contribution in [1.82, 2.24) is 4.98 Å². The van der Waals surface area contributed by atoms with Crippen LogP contribution in [0.1, 0.15) is 26.7 Å². The second-order valence-electron chi connectivity index (χ2n) is 5.55. The van der Waals surface area contributed by atoms with Crippen LogP contribution in [0.5, 0.6) is 0 Å². The molecule has 3 rings (SSSR count). The van der Waals surface area contributed by atoms with E-state index in [0.717, 1.165) is 21.0 Å². The third kappa shape index (κ3) is 2.77. The summed E-state index contributed by atoms with van der Waals surface area (Å²) in [6.45, 7) is 3.73. The number of hydrogen-bond donors (Lipinski definition) is 0. The minimum Gasteiger partial charge on any atom is -0.451 e. The van der Waals surface area contributed by atoms with Crippen LogP contribution in [-0.2, 0) is 14.3 Å². The van der Waals surface area contributed by atoms with E-state index in [2.05, 4.69) is 4.98 Å². The lowest BCUT2D eigenvalue weighted by molar-refractivity contribution is -0.156. The number of carbonyl (C=O) groups excluding carboxylic acids is 2. The molecule has 4 nitrogen and oxygen atoms in total. The van der Waals surface area contributed by atoms with Crippen molar-refractivity contribution in [1.29, 1.82) is 0 Å². The van der Waals surface area contributed by atoms with Crippen molar-refractivity contribution < 1.29 is 14.3 Å². The highest BCUT2D eigenvalue weighted by Gasteiger charge is 2.49. The molecule has 0 amide bonds. The minimum atomic E-state index is -0.977. The third-order valence-corrected chi connectivity index (χ3v) is 6.34. The molecule has 0 bridgehead atoms. The summed E-state index contributed by atoms with van der Waals surface area (Å²) in [5.74, 6) is -0.0503. The van der Waals surface area contributed by atoms with Gasteiger partial charge in [0.1, 0.15) is 0 Å². The first-order valence-electron chi connectivity index (χ1n) is 7.26. The van der Waals surface area contributed by atoms with Crippen molar-refractivity contribution in [3.63, 3.8) is 0 Å². The number of thiazole rings is 1. The van der Waals surface area contributed by atoms with E-state index >= 15 is 0 Å². The molecule has 0 unspecified atom stereocenters. The van der Waals surface area contributed by atoms with Gasteiger partial charge in [0.05, 0.1) is 22.4 Å².